The van der Waals surface area contributed by atoms with E-state index in [1.807, 2.05) is 0 Å². The molecule has 0 bridgehead atoms. The predicted molar refractivity (Wildman–Crippen MR) is 178 cm³/mol. The first-order valence-corrected chi connectivity index (χ1v) is 18.2. The smallest absolute Gasteiger partial charge is 0.358 e. The molecule has 1 aromatic heterocycles. The molecule has 0 unspecified atom stereocenters. The monoisotopic (exact) mass is 774 g/mol. The fourth-order valence-corrected chi connectivity index (χ4v) is 6.58. The Morgan fingerprint density at radius 3 is 2.06 bits per heavy atom. The molecule has 20 nitrogen and oxygen atoms in total. The van der Waals surface area contributed by atoms with Crippen LogP contribution >= 0.6 is 0 Å². The number of sulfone groups is 1. The van der Waals surface area contributed by atoms with Crippen molar-refractivity contribution in [3.63, 3.8) is 0 Å². The van der Waals surface area contributed by atoms with Gasteiger partial charge in [-0.05, 0) is 47.9 Å². The number of aromatic nitrogens is 2. The second-order valence-corrected chi connectivity index (χ2v) is 14.9. The fourth-order valence-electron chi connectivity index (χ4n) is 4.56. The van der Waals surface area contributed by atoms with Crippen LogP contribution in [0.5, 0.6) is 23.1 Å². The van der Waals surface area contributed by atoms with Crippen LogP contribution in [0, 0.1) is 0 Å². The van der Waals surface area contributed by atoms with Gasteiger partial charge < -0.3 is 25.2 Å². The zero-order valence-electron chi connectivity index (χ0n) is 25.9. The number of phenols is 2. The molecule has 5 rings (SSSR count). The minimum atomic E-state index is -5.08. The van der Waals surface area contributed by atoms with Crippen LogP contribution in [0.25, 0.3) is 16.5 Å². The predicted octanol–water partition coefficient (Wildman–Crippen LogP) is 5.09. The average Bonchev–Trinajstić information content (AvgIpc) is 3.42. The maximum atomic E-state index is 12.3. The second-order valence-electron chi connectivity index (χ2n) is 10.3. The van der Waals surface area contributed by atoms with E-state index >= 15 is 0 Å². The van der Waals surface area contributed by atoms with Crippen molar-refractivity contribution < 1.29 is 64.3 Å². The number of carboxylic acid groups (broad SMARTS) is 1. The quantitative estimate of drug-likeness (QED) is 0.0752. The number of ether oxygens (including phenoxy) is 1. The SMILES string of the molecule is C=CS(=O)(=O)c1cc(O)c(N=Nc2c(S(=O)(=O)O)cc3ccc(N=Nc4c(C(=O)O)nn(-c5ccc(S(=O)(=O)O)cc5)c4O)cc3c2O)cc1OC. The van der Waals surface area contributed by atoms with Gasteiger partial charge in [-0.15, -0.1) is 15.3 Å². The number of methoxy groups -OCH3 is 1. The largest absolute Gasteiger partial charge is 0.506 e. The molecular weight excluding hydrogens is 753 g/mol. The Hall–Kier alpha value is -6.27. The lowest BCUT2D eigenvalue weighted by molar-refractivity contribution is 0.0690. The molecule has 6 N–H and O–H groups in total. The van der Waals surface area contributed by atoms with Crippen LogP contribution in [-0.4, -0.2) is 77.6 Å². The molecule has 0 saturated carbocycles. The highest BCUT2D eigenvalue weighted by Gasteiger charge is 2.26. The van der Waals surface area contributed by atoms with E-state index in [0.717, 1.165) is 55.6 Å². The van der Waals surface area contributed by atoms with Crippen molar-refractivity contribution in [2.24, 2.45) is 20.5 Å². The normalized spacial score (nSPS) is 12.5. The molecule has 0 amide bonds. The van der Waals surface area contributed by atoms with Gasteiger partial charge in [-0.3, -0.25) is 9.11 Å². The molecule has 0 saturated heterocycles. The molecule has 1 heterocycles. The van der Waals surface area contributed by atoms with Crippen molar-refractivity contribution in [2.45, 2.75) is 14.7 Å². The third-order valence-corrected chi connectivity index (χ3v) is 10.1. The van der Waals surface area contributed by atoms with Crippen molar-refractivity contribution in [3.05, 3.63) is 78.3 Å². The van der Waals surface area contributed by atoms with Crippen LogP contribution in [0.1, 0.15) is 10.5 Å². The lowest BCUT2D eigenvalue weighted by atomic mass is 10.1. The van der Waals surface area contributed by atoms with Gasteiger partial charge in [0.2, 0.25) is 21.4 Å². The molecule has 23 heteroatoms. The number of hydrogen-bond acceptors (Lipinski definition) is 16. The zero-order valence-corrected chi connectivity index (χ0v) is 28.4. The van der Waals surface area contributed by atoms with Gasteiger partial charge in [0.15, 0.2) is 11.4 Å². The minimum Gasteiger partial charge on any atom is -0.506 e. The number of rotatable bonds is 11. The molecular formula is C29H22N6O14S3. The van der Waals surface area contributed by atoms with Gasteiger partial charge >= 0.3 is 5.97 Å². The Balaban J connectivity index is 1.59. The van der Waals surface area contributed by atoms with Crippen molar-refractivity contribution in [3.8, 4) is 28.8 Å². The summed E-state index contributed by atoms with van der Waals surface area (Å²) in [6, 6.07) is 10.5. The Morgan fingerprint density at radius 2 is 1.48 bits per heavy atom. The van der Waals surface area contributed by atoms with Crippen LogP contribution in [0.3, 0.4) is 0 Å². The number of carbonyl (C=O) groups is 1. The van der Waals surface area contributed by atoms with Crippen LogP contribution in [-0.2, 0) is 30.1 Å². The van der Waals surface area contributed by atoms with Crippen LogP contribution in [0.2, 0.25) is 0 Å². The molecule has 0 aliphatic heterocycles. The van der Waals surface area contributed by atoms with Gasteiger partial charge in [0, 0.05) is 22.9 Å². The van der Waals surface area contributed by atoms with E-state index < -0.39 is 90.9 Å². The van der Waals surface area contributed by atoms with E-state index in [1.54, 1.807) is 0 Å². The topological polar surface area (TPSA) is 317 Å². The first-order chi connectivity index (χ1) is 24.3. The molecule has 0 radical (unpaired) electrons. The molecule has 270 valence electrons. The molecule has 5 aromatic rings. The number of azo groups is 2. The van der Waals surface area contributed by atoms with E-state index in [0.29, 0.717) is 10.1 Å². The number of aromatic carboxylic acids is 1. The molecule has 52 heavy (non-hydrogen) atoms. The average molecular weight is 775 g/mol. The lowest BCUT2D eigenvalue weighted by Crippen LogP contribution is -2.02. The third-order valence-electron chi connectivity index (χ3n) is 7.04. The second kappa shape index (κ2) is 13.5. The summed E-state index contributed by atoms with van der Waals surface area (Å²) in [7, 11) is -12.6. The first-order valence-electron chi connectivity index (χ1n) is 13.8. The number of benzene rings is 4. The van der Waals surface area contributed by atoms with Crippen LogP contribution < -0.4 is 4.74 Å². The summed E-state index contributed by atoms with van der Waals surface area (Å²) in [6.45, 7) is 3.20. The first kappa shape index (κ1) is 37.0. The number of nitrogens with zero attached hydrogens (tertiary/aromatic N) is 6. The Bertz CT molecular complexity index is 2710. The van der Waals surface area contributed by atoms with Gasteiger partial charge in [-0.1, -0.05) is 12.6 Å². The lowest BCUT2D eigenvalue weighted by Gasteiger charge is -2.10. The van der Waals surface area contributed by atoms with E-state index in [2.05, 4.69) is 32.1 Å². The standard InChI is InChI=1S/C29H22N6O14S3/c1-3-50(41,42)22-13-20(36)19(12-21(22)49-2)31-32-24-23(52(46,47)48)10-14-4-5-15(11-18(14)27(24)37)30-33-25-26(29(39)40)34-35(28(25)38)16-6-8-17(9-7-16)51(43,44)45/h3-13,36-38H,1H2,2H3,(H,39,40)(H,43,44,45)(H,46,47,48). The van der Waals surface area contributed by atoms with Crippen LogP contribution in [0.4, 0.5) is 22.7 Å². The number of fused-ring (bicyclic) bond motifs is 1. The number of aromatic hydroxyl groups is 3. The van der Waals surface area contributed by atoms with E-state index in [4.69, 9.17) is 4.74 Å². The summed E-state index contributed by atoms with van der Waals surface area (Å²) in [6.07, 6.45) is 0. The summed E-state index contributed by atoms with van der Waals surface area (Å²) in [5.41, 5.74) is -2.81. The molecule has 0 fully saturated rings. The Morgan fingerprint density at radius 1 is 0.827 bits per heavy atom. The number of phenolic OH excluding ortho intramolecular Hbond substituents is 2. The van der Waals surface area contributed by atoms with Gasteiger partial charge in [-0.2, -0.15) is 31.7 Å². The Labute approximate surface area is 292 Å². The molecule has 0 aliphatic rings. The zero-order chi connectivity index (χ0) is 38.3. The molecule has 0 aliphatic carbocycles. The van der Waals surface area contributed by atoms with Crippen molar-refractivity contribution >= 4 is 69.6 Å². The van der Waals surface area contributed by atoms with Gasteiger partial charge in [0.1, 0.15) is 32.7 Å². The number of hydrogen-bond donors (Lipinski definition) is 6. The maximum absolute atomic E-state index is 12.3. The summed E-state index contributed by atoms with van der Waals surface area (Å²) < 4.78 is 96.7. The van der Waals surface area contributed by atoms with Gasteiger partial charge in [0.25, 0.3) is 20.2 Å². The van der Waals surface area contributed by atoms with Crippen molar-refractivity contribution in [1.82, 2.24) is 9.78 Å². The van der Waals surface area contributed by atoms with Crippen LogP contribution in [0.15, 0.2) is 108 Å². The van der Waals surface area contributed by atoms with Gasteiger partial charge in [0.05, 0.1) is 23.4 Å². The van der Waals surface area contributed by atoms with Crippen molar-refractivity contribution in [2.75, 3.05) is 7.11 Å². The summed E-state index contributed by atoms with van der Waals surface area (Å²) in [5.74, 6) is -4.39. The fraction of sp³-hybridized carbons (Fsp3) is 0.0345. The third kappa shape index (κ3) is 7.14. The molecule has 4 aromatic carbocycles. The van der Waals surface area contributed by atoms with E-state index in [1.165, 1.54) is 12.1 Å². The van der Waals surface area contributed by atoms with Gasteiger partial charge in [-0.25, -0.2) is 13.2 Å². The maximum Gasteiger partial charge on any atom is 0.358 e. The Kier molecular flexibility index (Phi) is 9.57. The summed E-state index contributed by atoms with van der Waals surface area (Å²) >= 11 is 0. The molecule has 0 atom stereocenters. The highest BCUT2D eigenvalue weighted by Crippen LogP contribution is 2.44. The minimum absolute atomic E-state index is 0.0155. The molecule has 0 spiro atoms. The van der Waals surface area contributed by atoms with Crippen molar-refractivity contribution in [1.29, 1.82) is 0 Å². The van der Waals surface area contributed by atoms with E-state index in [-0.39, 0.29) is 27.9 Å². The summed E-state index contributed by atoms with van der Waals surface area (Å²) in [4.78, 5) is 10.0. The highest BCUT2D eigenvalue weighted by molar-refractivity contribution is 7.94. The highest BCUT2D eigenvalue weighted by atomic mass is 32.2. The summed E-state index contributed by atoms with van der Waals surface area (Å²) in [5, 5.41) is 61.3. The number of carboxylic acids is 1. The van der Waals surface area contributed by atoms with E-state index in [9.17, 15) is 59.6 Å².